The van der Waals surface area contributed by atoms with E-state index < -0.39 is 0 Å². The average Bonchev–Trinajstić information content (AvgIpc) is 2.62. The Morgan fingerprint density at radius 3 is 2.77 bits per heavy atom. The molecular weight excluding hydrogens is 166 g/mol. The number of hydrogen-bond acceptors (Lipinski definition) is 3. The molecule has 13 heavy (non-hydrogen) atoms. The summed E-state index contributed by atoms with van der Waals surface area (Å²) in [4.78, 5) is 0. The van der Waals surface area contributed by atoms with E-state index in [1.807, 2.05) is 0 Å². The van der Waals surface area contributed by atoms with Gasteiger partial charge in [0, 0.05) is 25.1 Å². The van der Waals surface area contributed by atoms with Crippen molar-refractivity contribution in [2.24, 2.45) is 5.92 Å². The third kappa shape index (κ3) is 2.03. The Morgan fingerprint density at radius 2 is 2.15 bits per heavy atom. The predicted octanol–water partition coefficient (Wildman–Crippen LogP) is 0.788. The molecule has 0 bridgehead atoms. The van der Waals surface area contributed by atoms with E-state index in [-0.39, 0.29) is 0 Å². The lowest BCUT2D eigenvalue weighted by Gasteiger charge is -2.36. The zero-order valence-corrected chi connectivity index (χ0v) is 8.45. The van der Waals surface area contributed by atoms with Crippen LogP contribution in [0.1, 0.15) is 20.3 Å². The van der Waals surface area contributed by atoms with Crippen molar-refractivity contribution in [3.63, 3.8) is 0 Å². The van der Waals surface area contributed by atoms with Crippen LogP contribution in [-0.4, -0.2) is 38.0 Å². The molecule has 2 aliphatic rings. The van der Waals surface area contributed by atoms with E-state index in [0.717, 1.165) is 26.2 Å². The molecule has 0 aliphatic carbocycles. The molecule has 2 aliphatic heterocycles. The summed E-state index contributed by atoms with van der Waals surface area (Å²) >= 11 is 0. The van der Waals surface area contributed by atoms with Gasteiger partial charge in [-0.05, 0) is 20.3 Å². The van der Waals surface area contributed by atoms with Gasteiger partial charge < -0.3 is 14.8 Å². The minimum absolute atomic E-state index is 0.333. The number of morpholine rings is 1. The van der Waals surface area contributed by atoms with Crippen molar-refractivity contribution < 1.29 is 9.47 Å². The Kier molecular flexibility index (Phi) is 2.86. The molecule has 0 spiro atoms. The van der Waals surface area contributed by atoms with E-state index in [1.54, 1.807) is 0 Å². The SMILES string of the molecule is CC1NCC(C2CCOC2)OC1C. The van der Waals surface area contributed by atoms with Crippen LogP contribution in [0.2, 0.25) is 0 Å². The van der Waals surface area contributed by atoms with Crippen LogP contribution in [0.15, 0.2) is 0 Å². The van der Waals surface area contributed by atoms with Gasteiger partial charge >= 0.3 is 0 Å². The summed E-state index contributed by atoms with van der Waals surface area (Å²) in [7, 11) is 0. The van der Waals surface area contributed by atoms with E-state index in [4.69, 9.17) is 9.47 Å². The van der Waals surface area contributed by atoms with Crippen LogP contribution in [0, 0.1) is 5.92 Å². The van der Waals surface area contributed by atoms with Gasteiger partial charge in [-0.3, -0.25) is 0 Å². The summed E-state index contributed by atoms with van der Waals surface area (Å²) < 4.78 is 11.3. The van der Waals surface area contributed by atoms with E-state index in [2.05, 4.69) is 19.2 Å². The molecule has 0 amide bonds. The van der Waals surface area contributed by atoms with Crippen LogP contribution in [0.3, 0.4) is 0 Å². The lowest BCUT2D eigenvalue weighted by Crippen LogP contribution is -2.52. The second kappa shape index (κ2) is 3.95. The molecule has 4 unspecified atom stereocenters. The van der Waals surface area contributed by atoms with Crippen molar-refractivity contribution in [2.45, 2.75) is 38.5 Å². The van der Waals surface area contributed by atoms with Gasteiger partial charge in [-0.2, -0.15) is 0 Å². The lowest BCUT2D eigenvalue weighted by molar-refractivity contribution is -0.0761. The summed E-state index contributed by atoms with van der Waals surface area (Å²) in [5.74, 6) is 0.613. The summed E-state index contributed by atoms with van der Waals surface area (Å²) in [6.07, 6.45) is 1.86. The minimum Gasteiger partial charge on any atom is -0.381 e. The Hall–Kier alpha value is -0.120. The van der Waals surface area contributed by atoms with Gasteiger partial charge in [0.1, 0.15) is 0 Å². The van der Waals surface area contributed by atoms with Crippen LogP contribution >= 0.6 is 0 Å². The zero-order chi connectivity index (χ0) is 9.26. The van der Waals surface area contributed by atoms with Crippen molar-refractivity contribution in [3.05, 3.63) is 0 Å². The van der Waals surface area contributed by atoms with Crippen molar-refractivity contribution >= 4 is 0 Å². The van der Waals surface area contributed by atoms with E-state index in [0.29, 0.717) is 24.2 Å². The van der Waals surface area contributed by atoms with Gasteiger partial charge in [-0.25, -0.2) is 0 Å². The monoisotopic (exact) mass is 185 g/mol. The molecule has 76 valence electrons. The Morgan fingerprint density at radius 1 is 1.31 bits per heavy atom. The van der Waals surface area contributed by atoms with Crippen LogP contribution in [0.5, 0.6) is 0 Å². The summed E-state index contributed by atoms with van der Waals surface area (Å²) in [6, 6.07) is 0.485. The molecule has 3 nitrogen and oxygen atoms in total. The van der Waals surface area contributed by atoms with Crippen LogP contribution in [0.4, 0.5) is 0 Å². The maximum absolute atomic E-state index is 5.94. The number of nitrogens with one attached hydrogen (secondary N) is 1. The third-order valence-electron chi connectivity index (χ3n) is 3.23. The summed E-state index contributed by atoms with van der Waals surface area (Å²) in [6.45, 7) is 7.09. The zero-order valence-electron chi connectivity index (χ0n) is 8.45. The van der Waals surface area contributed by atoms with Gasteiger partial charge in [0.05, 0.1) is 18.8 Å². The van der Waals surface area contributed by atoms with Gasteiger partial charge in [0.15, 0.2) is 0 Å². The molecular formula is C10H19NO2. The fraction of sp³-hybridized carbons (Fsp3) is 1.00. The van der Waals surface area contributed by atoms with Crippen LogP contribution < -0.4 is 5.32 Å². The quantitative estimate of drug-likeness (QED) is 0.655. The first-order valence-corrected chi connectivity index (χ1v) is 5.24. The van der Waals surface area contributed by atoms with Crippen molar-refractivity contribution in [3.8, 4) is 0 Å². The first-order valence-electron chi connectivity index (χ1n) is 5.24. The van der Waals surface area contributed by atoms with Crippen molar-refractivity contribution in [1.82, 2.24) is 5.32 Å². The molecule has 0 saturated carbocycles. The topological polar surface area (TPSA) is 30.5 Å². The Labute approximate surface area is 79.8 Å². The second-order valence-corrected chi connectivity index (χ2v) is 4.20. The van der Waals surface area contributed by atoms with E-state index in [1.165, 1.54) is 0 Å². The molecule has 1 N–H and O–H groups in total. The van der Waals surface area contributed by atoms with Gasteiger partial charge in [-0.15, -0.1) is 0 Å². The third-order valence-corrected chi connectivity index (χ3v) is 3.23. The van der Waals surface area contributed by atoms with Crippen molar-refractivity contribution in [2.75, 3.05) is 19.8 Å². The van der Waals surface area contributed by atoms with Gasteiger partial charge in [-0.1, -0.05) is 0 Å². The smallest absolute Gasteiger partial charge is 0.0754 e. The highest BCUT2D eigenvalue weighted by molar-refractivity contribution is 4.84. The maximum atomic E-state index is 5.94. The lowest BCUT2D eigenvalue weighted by atomic mass is 9.99. The molecule has 2 saturated heterocycles. The van der Waals surface area contributed by atoms with Crippen molar-refractivity contribution in [1.29, 1.82) is 0 Å². The summed E-state index contributed by atoms with van der Waals surface area (Å²) in [5.41, 5.74) is 0. The molecule has 2 rings (SSSR count). The fourth-order valence-electron chi connectivity index (χ4n) is 2.03. The highest BCUT2D eigenvalue weighted by atomic mass is 16.5. The number of hydrogen-bond donors (Lipinski definition) is 1. The second-order valence-electron chi connectivity index (χ2n) is 4.20. The largest absolute Gasteiger partial charge is 0.381 e. The highest BCUT2D eigenvalue weighted by Gasteiger charge is 2.32. The number of rotatable bonds is 1. The van der Waals surface area contributed by atoms with Gasteiger partial charge in [0.25, 0.3) is 0 Å². The summed E-state index contributed by atoms with van der Waals surface area (Å²) in [5, 5.41) is 3.48. The average molecular weight is 185 g/mol. The molecule has 0 aromatic carbocycles. The normalized spacial score (nSPS) is 46.6. The van der Waals surface area contributed by atoms with E-state index in [9.17, 15) is 0 Å². The molecule has 0 aromatic heterocycles. The first kappa shape index (κ1) is 9.44. The Balaban J connectivity index is 1.87. The molecule has 3 heteroatoms. The first-order chi connectivity index (χ1) is 6.27. The highest BCUT2D eigenvalue weighted by Crippen LogP contribution is 2.22. The standard InChI is InChI=1S/C10H19NO2/c1-7-8(2)13-10(5-11-7)9-3-4-12-6-9/h7-11H,3-6H2,1-2H3. The molecule has 0 radical (unpaired) electrons. The Bertz CT molecular complexity index is 168. The van der Waals surface area contributed by atoms with E-state index >= 15 is 0 Å². The molecule has 2 heterocycles. The van der Waals surface area contributed by atoms with Gasteiger partial charge in [0.2, 0.25) is 0 Å². The predicted molar refractivity (Wildman–Crippen MR) is 50.7 cm³/mol. The molecule has 0 aromatic rings. The van der Waals surface area contributed by atoms with Crippen LogP contribution in [0.25, 0.3) is 0 Å². The molecule has 2 fully saturated rings. The minimum atomic E-state index is 0.333. The van der Waals surface area contributed by atoms with Crippen LogP contribution in [-0.2, 0) is 9.47 Å². The fourth-order valence-corrected chi connectivity index (χ4v) is 2.03. The maximum Gasteiger partial charge on any atom is 0.0754 e. The number of ether oxygens (including phenoxy) is 2. The molecule has 4 atom stereocenters.